The topological polar surface area (TPSA) is 53.3 Å². The number of piperidine rings is 1. The molecule has 0 aromatic rings. The molecule has 1 aliphatic heterocycles. The maximum atomic E-state index is 5.15. The highest BCUT2D eigenvalue weighted by Gasteiger charge is 2.16. The zero-order valence-electron chi connectivity index (χ0n) is 7.34. The minimum Gasteiger partial charge on any atom is -0.359 e. The second kappa shape index (κ2) is 4.59. The molecule has 70 valence electrons. The lowest BCUT2D eigenvalue weighted by atomic mass is 10.1. The molecule has 0 radical (unpaired) electrons. The first kappa shape index (κ1) is 9.70. The molecule has 0 saturated carbocycles. The van der Waals surface area contributed by atoms with Crippen LogP contribution in [-0.4, -0.2) is 36.2 Å². The van der Waals surface area contributed by atoms with Crippen molar-refractivity contribution in [1.82, 2.24) is 15.6 Å². The van der Waals surface area contributed by atoms with Gasteiger partial charge in [0.2, 0.25) is 0 Å². The number of hydrazine groups is 1. The zero-order valence-corrected chi connectivity index (χ0v) is 8.16. The van der Waals surface area contributed by atoms with Crippen molar-refractivity contribution in [3.8, 4) is 0 Å². The largest absolute Gasteiger partial charge is 0.359 e. The molecule has 0 bridgehead atoms. The number of nitrogens with one attached hydrogen (secondary N) is 2. The number of likely N-dealkylation sites (tertiary alicyclic amines) is 1. The van der Waals surface area contributed by atoms with Gasteiger partial charge in [0.05, 0.1) is 0 Å². The molecule has 0 amide bonds. The van der Waals surface area contributed by atoms with Gasteiger partial charge in [-0.15, -0.1) is 0 Å². The smallest absolute Gasteiger partial charge is 0.180 e. The lowest BCUT2D eigenvalue weighted by Gasteiger charge is -2.29. The summed E-state index contributed by atoms with van der Waals surface area (Å²) in [6.07, 6.45) is 2.27. The predicted molar refractivity (Wildman–Crippen MR) is 53.6 cm³/mol. The van der Waals surface area contributed by atoms with Crippen molar-refractivity contribution in [1.29, 1.82) is 0 Å². The first-order valence-electron chi connectivity index (χ1n) is 4.18. The number of hydrogen-bond donors (Lipinski definition) is 3. The summed E-state index contributed by atoms with van der Waals surface area (Å²) in [4.78, 5) is 2.32. The summed E-state index contributed by atoms with van der Waals surface area (Å²) < 4.78 is 0. The second-order valence-corrected chi connectivity index (χ2v) is 3.60. The average molecular weight is 188 g/mol. The third kappa shape index (κ3) is 2.92. The van der Waals surface area contributed by atoms with E-state index in [2.05, 4.69) is 22.7 Å². The second-order valence-electron chi connectivity index (χ2n) is 3.20. The predicted octanol–water partition coefficient (Wildman–Crippen LogP) is -0.582. The van der Waals surface area contributed by atoms with E-state index in [0.29, 0.717) is 11.2 Å². The first-order chi connectivity index (χ1) is 5.72. The van der Waals surface area contributed by atoms with Crippen LogP contribution in [0.4, 0.5) is 0 Å². The highest BCUT2D eigenvalue weighted by molar-refractivity contribution is 7.80. The van der Waals surface area contributed by atoms with Crippen LogP contribution in [0.15, 0.2) is 0 Å². The van der Waals surface area contributed by atoms with E-state index in [1.165, 1.54) is 0 Å². The van der Waals surface area contributed by atoms with Crippen molar-refractivity contribution < 1.29 is 0 Å². The van der Waals surface area contributed by atoms with Crippen molar-refractivity contribution >= 4 is 17.3 Å². The van der Waals surface area contributed by atoms with Gasteiger partial charge in [-0.25, -0.2) is 5.84 Å². The minimum absolute atomic E-state index is 0.491. The molecule has 1 heterocycles. The highest BCUT2D eigenvalue weighted by Crippen LogP contribution is 2.07. The van der Waals surface area contributed by atoms with Gasteiger partial charge in [-0.05, 0) is 45.2 Å². The minimum atomic E-state index is 0.491. The molecule has 0 unspecified atom stereocenters. The number of nitrogens with two attached hydrogens (primary N) is 1. The van der Waals surface area contributed by atoms with Crippen LogP contribution >= 0.6 is 12.2 Å². The number of thiocarbonyl (C=S) groups is 1. The Morgan fingerprint density at radius 3 is 2.58 bits per heavy atom. The number of nitrogens with zero attached hydrogens (tertiary/aromatic N) is 1. The van der Waals surface area contributed by atoms with Crippen LogP contribution in [0.3, 0.4) is 0 Å². The molecule has 4 nitrogen and oxygen atoms in total. The van der Waals surface area contributed by atoms with Gasteiger partial charge in [-0.3, -0.25) is 0 Å². The quantitative estimate of drug-likeness (QED) is 0.292. The van der Waals surface area contributed by atoms with E-state index in [0.717, 1.165) is 25.9 Å². The van der Waals surface area contributed by atoms with Gasteiger partial charge in [0.25, 0.3) is 0 Å². The van der Waals surface area contributed by atoms with Crippen LogP contribution < -0.4 is 16.6 Å². The molecule has 1 aliphatic rings. The van der Waals surface area contributed by atoms with E-state index in [9.17, 15) is 0 Å². The van der Waals surface area contributed by atoms with Crippen molar-refractivity contribution in [3.05, 3.63) is 0 Å². The van der Waals surface area contributed by atoms with Crippen LogP contribution in [0, 0.1) is 0 Å². The van der Waals surface area contributed by atoms with Crippen molar-refractivity contribution in [2.45, 2.75) is 18.9 Å². The van der Waals surface area contributed by atoms with Crippen molar-refractivity contribution in [2.75, 3.05) is 20.1 Å². The van der Waals surface area contributed by atoms with Gasteiger partial charge < -0.3 is 15.6 Å². The first-order valence-corrected chi connectivity index (χ1v) is 4.59. The standard InChI is InChI=1S/C7H16N4S/c1-11-4-2-6(3-5-11)9-7(12)10-8/h6H,2-5,8H2,1H3,(H2,9,10,12). The average Bonchev–Trinajstić information content (AvgIpc) is 2.09. The molecule has 1 rings (SSSR count). The fourth-order valence-electron chi connectivity index (χ4n) is 1.38. The van der Waals surface area contributed by atoms with Crippen molar-refractivity contribution in [2.24, 2.45) is 5.84 Å². The summed E-state index contributed by atoms with van der Waals surface area (Å²) in [6, 6.07) is 0.491. The Morgan fingerprint density at radius 1 is 1.50 bits per heavy atom. The SMILES string of the molecule is CN1CCC(NC(=S)NN)CC1. The van der Waals surface area contributed by atoms with E-state index in [4.69, 9.17) is 18.1 Å². The van der Waals surface area contributed by atoms with Gasteiger partial charge in [0.1, 0.15) is 0 Å². The molecule has 0 aromatic carbocycles. The summed E-state index contributed by atoms with van der Waals surface area (Å²) in [6.45, 7) is 2.26. The fourth-order valence-corrected chi connectivity index (χ4v) is 1.55. The van der Waals surface area contributed by atoms with Crippen LogP contribution in [0.25, 0.3) is 0 Å². The molecule has 5 heteroatoms. The van der Waals surface area contributed by atoms with Crippen LogP contribution in [0.1, 0.15) is 12.8 Å². The van der Waals surface area contributed by atoms with Crippen LogP contribution in [-0.2, 0) is 0 Å². The van der Waals surface area contributed by atoms with Gasteiger partial charge >= 0.3 is 0 Å². The fraction of sp³-hybridized carbons (Fsp3) is 0.857. The Kier molecular flexibility index (Phi) is 3.71. The molecule has 12 heavy (non-hydrogen) atoms. The summed E-state index contributed by atoms with van der Waals surface area (Å²) in [5.74, 6) is 5.15. The van der Waals surface area contributed by atoms with Crippen LogP contribution in [0.2, 0.25) is 0 Å². The third-order valence-corrected chi connectivity index (χ3v) is 2.42. The molecule has 0 aliphatic carbocycles. The molecule has 0 spiro atoms. The van der Waals surface area contributed by atoms with E-state index in [1.54, 1.807) is 0 Å². The van der Waals surface area contributed by atoms with E-state index < -0.39 is 0 Å². The van der Waals surface area contributed by atoms with Gasteiger partial charge in [-0.2, -0.15) is 0 Å². The maximum Gasteiger partial charge on any atom is 0.180 e. The zero-order chi connectivity index (χ0) is 8.97. The third-order valence-electron chi connectivity index (χ3n) is 2.18. The summed E-state index contributed by atoms with van der Waals surface area (Å²) in [7, 11) is 2.13. The lowest BCUT2D eigenvalue weighted by Crippen LogP contribution is -2.48. The maximum absolute atomic E-state index is 5.15. The van der Waals surface area contributed by atoms with Crippen molar-refractivity contribution in [3.63, 3.8) is 0 Å². The molecular weight excluding hydrogens is 172 g/mol. The van der Waals surface area contributed by atoms with E-state index in [1.807, 2.05) is 0 Å². The number of rotatable bonds is 1. The Labute approximate surface area is 78.5 Å². The molecule has 1 fully saturated rings. The van der Waals surface area contributed by atoms with E-state index in [-0.39, 0.29) is 0 Å². The van der Waals surface area contributed by atoms with Crippen LogP contribution in [0.5, 0.6) is 0 Å². The molecule has 0 aromatic heterocycles. The van der Waals surface area contributed by atoms with Gasteiger partial charge in [0.15, 0.2) is 5.11 Å². The highest BCUT2D eigenvalue weighted by atomic mass is 32.1. The molecule has 4 N–H and O–H groups in total. The number of hydrogen-bond acceptors (Lipinski definition) is 3. The normalized spacial score (nSPS) is 20.5. The Morgan fingerprint density at radius 2 is 2.08 bits per heavy atom. The molecule has 0 atom stereocenters. The summed E-state index contributed by atoms with van der Waals surface area (Å²) in [5, 5.41) is 3.70. The Bertz CT molecular complexity index is 153. The summed E-state index contributed by atoms with van der Waals surface area (Å²) >= 11 is 4.90. The molecular formula is C7H16N4S. The van der Waals surface area contributed by atoms with E-state index >= 15 is 0 Å². The van der Waals surface area contributed by atoms with Gasteiger partial charge in [-0.1, -0.05) is 0 Å². The summed E-state index contributed by atoms with van der Waals surface area (Å²) in [5.41, 5.74) is 2.43. The Balaban J connectivity index is 2.21. The Hall–Kier alpha value is -0.390. The monoisotopic (exact) mass is 188 g/mol. The lowest BCUT2D eigenvalue weighted by molar-refractivity contribution is 0.246. The van der Waals surface area contributed by atoms with Gasteiger partial charge in [0, 0.05) is 6.04 Å². The molecule has 1 saturated heterocycles.